The Morgan fingerprint density at radius 2 is 1.54 bits per heavy atom. The molecule has 2 rings (SSSR count). The highest BCUT2D eigenvalue weighted by Crippen LogP contribution is 2.44. The van der Waals surface area contributed by atoms with Gasteiger partial charge in [0.1, 0.15) is 0 Å². The molecule has 2 fully saturated rings. The molecule has 1 nitrogen and oxygen atoms in total. The molecule has 0 aromatic carbocycles. The van der Waals surface area contributed by atoms with Gasteiger partial charge in [-0.15, -0.1) is 0 Å². The predicted octanol–water partition coefficient (Wildman–Crippen LogP) is 2.52. The lowest BCUT2D eigenvalue weighted by atomic mass is 9.63. The third kappa shape index (κ3) is 1.63. The lowest BCUT2D eigenvalue weighted by molar-refractivity contribution is 0.0751. The van der Waals surface area contributed by atoms with Crippen molar-refractivity contribution in [1.82, 2.24) is 5.32 Å². The van der Waals surface area contributed by atoms with E-state index in [2.05, 4.69) is 33.0 Å². The van der Waals surface area contributed by atoms with E-state index >= 15 is 0 Å². The van der Waals surface area contributed by atoms with Crippen LogP contribution in [0, 0.1) is 29.6 Å². The highest BCUT2D eigenvalue weighted by molar-refractivity contribution is 4.97. The van der Waals surface area contributed by atoms with Gasteiger partial charge in [0.2, 0.25) is 0 Å². The second kappa shape index (κ2) is 3.27. The van der Waals surface area contributed by atoms with Crippen molar-refractivity contribution >= 4 is 0 Å². The van der Waals surface area contributed by atoms with Gasteiger partial charge in [-0.05, 0) is 36.0 Å². The first-order valence-electron chi connectivity index (χ1n) is 5.84. The molecule has 2 aliphatic rings. The fraction of sp³-hybridized carbons (Fsp3) is 1.00. The zero-order chi connectivity index (χ0) is 9.59. The highest BCUT2D eigenvalue weighted by Gasteiger charge is 2.42. The minimum Gasteiger partial charge on any atom is -0.311 e. The van der Waals surface area contributed by atoms with Gasteiger partial charge in [0.15, 0.2) is 0 Å². The molecule has 1 saturated heterocycles. The van der Waals surface area contributed by atoms with Crippen molar-refractivity contribution in [2.24, 2.45) is 29.6 Å². The van der Waals surface area contributed by atoms with Crippen LogP contribution in [-0.4, -0.2) is 12.6 Å². The zero-order valence-corrected chi connectivity index (χ0v) is 9.38. The normalized spacial score (nSPS) is 56.3. The van der Waals surface area contributed by atoms with Crippen molar-refractivity contribution in [3.05, 3.63) is 0 Å². The predicted molar refractivity (Wildman–Crippen MR) is 56.6 cm³/mol. The van der Waals surface area contributed by atoms with E-state index in [1.807, 2.05) is 0 Å². The molecule has 6 atom stereocenters. The van der Waals surface area contributed by atoms with Crippen LogP contribution in [-0.2, 0) is 0 Å². The quantitative estimate of drug-likeness (QED) is 0.617. The Morgan fingerprint density at radius 1 is 0.923 bits per heavy atom. The van der Waals surface area contributed by atoms with Crippen molar-refractivity contribution in [3.63, 3.8) is 0 Å². The van der Waals surface area contributed by atoms with Gasteiger partial charge in [-0.1, -0.05) is 27.7 Å². The van der Waals surface area contributed by atoms with E-state index in [0.29, 0.717) is 0 Å². The number of nitrogens with one attached hydrogen (secondary N) is 1. The Balaban J connectivity index is 2.05. The van der Waals surface area contributed by atoms with E-state index in [0.717, 1.165) is 35.6 Å². The van der Waals surface area contributed by atoms with Gasteiger partial charge in [0, 0.05) is 12.6 Å². The summed E-state index contributed by atoms with van der Waals surface area (Å²) in [4.78, 5) is 0. The maximum absolute atomic E-state index is 3.49. The molecule has 1 saturated carbocycles. The fourth-order valence-corrected chi connectivity index (χ4v) is 3.15. The van der Waals surface area contributed by atoms with Gasteiger partial charge >= 0.3 is 0 Å². The van der Waals surface area contributed by atoms with Crippen molar-refractivity contribution in [2.45, 2.75) is 40.2 Å². The Kier molecular flexibility index (Phi) is 2.39. The first kappa shape index (κ1) is 9.51. The van der Waals surface area contributed by atoms with Gasteiger partial charge in [-0.25, -0.2) is 0 Å². The van der Waals surface area contributed by atoms with Gasteiger partial charge in [-0.2, -0.15) is 0 Å². The summed E-state index contributed by atoms with van der Waals surface area (Å²) in [6.45, 7) is 11.0. The van der Waals surface area contributed by atoms with Crippen LogP contribution in [0.1, 0.15) is 34.1 Å². The van der Waals surface area contributed by atoms with Crippen LogP contribution in [0.5, 0.6) is 0 Å². The Labute approximate surface area is 82.3 Å². The summed E-state index contributed by atoms with van der Waals surface area (Å²) >= 11 is 0. The molecular weight excluding hydrogens is 158 g/mol. The molecule has 1 heterocycles. The van der Waals surface area contributed by atoms with E-state index in [1.54, 1.807) is 0 Å². The van der Waals surface area contributed by atoms with Crippen LogP contribution in [0.2, 0.25) is 0 Å². The lowest BCUT2D eigenvalue weighted by Gasteiger charge is -2.42. The van der Waals surface area contributed by atoms with E-state index in [4.69, 9.17) is 0 Å². The second-order valence-corrected chi connectivity index (χ2v) is 5.47. The van der Waals surface area contributed by atoms with Crippen LogP contribution in [0.3, 0.4) is 0 Å². The number of hydrogen-bond acceptors (Lipinski definition) is 1. The molecule has 6 unspecified atom stereocenters. The van der Waals surface area contributed by atoms with E-state index < -0.39 is 0 Å². The summed E-state index contributed by atoms with van der Waals surface area (Å²) < 4.78 is 0. The first-order chi connectivity index (χ1) is 6.11. The molecule has 0 spiro atoms. The summed E-state index contributed by atoms with van der Waals surface area (Å²) in [7, 11) is 0. The Hall–Kier alpha value is -0.0400. The Morgan fingerprint density at radius 3 is 2.08 bits per heavy atom. The topological polar surface area (TPSA) is 21.9 Å². The average molecular weight is 181 g/mol. The minimum absolute atomic E-state index is 0.868. The van der Waals surface area contributed by atoms with Crippen LogP contribution in [0.15, 0.2) is 0 Å². The molecule has 1 aliphatic carbocycles. The third-order valence-electron chi connectivity index (χ3n) is 4.83. The molecule has 1 N–H and O–H groups in total. The summed E-state index contributed by atoms with van der Waals surface area (Å²) in [5.41, 5.74) is 0. The first-order valence-corrected chi connectivity index (χ1v) is 5.84. The van der Waals surface area contributed by atoms with Crippen molar-refractivity contribution in [2.75, 3.05) is 6.54 Å². The molecule has 76 valence electrons. The maximum atomic E-state index is 3.49. The molecule has 0 radical (unpaired) electrons. The lowest BCUT2D eigenvalue weighted by Crippen LogP contribution is -2.38. The van der Waals surface area contributed by atoms with Gasteiger partial charge in [-0.3, -0.25) is 0 Å². The minimum atomic E-state index is 0.868. The highest BCUT2D eigenvalue weighted by atomic mass is 15.1. The standard InChI is InChI=1S/C12H23N/c1-7-5-11(12-6-13-12)10(4)9(3)8(7)2/h7-13H,5-6H2,1-4H3. The van der Waals surface area contributed by atoms with Gasteiger partial charge in [0.25, 0.3) is 0 Å². The van der Waals surface area contributed by atoms with Gasteiger partial charge < -0.3 is 5.32 Å². The van der Waals surface area contributed by atoms with E-state index in [1.165, 1.54) is 13.0 Å². The summed E-state index contributed by atoms with van der Waals surface area (Å²) in [5.74, 6) is 4.65. The summed E-state index contributed by atoms with van der Waals surface area (Å²) in [6, 6.07) is 0.868. The third-order valence-corrected chi connectivity index (χ3v) is 4.83. The van der Waals surface area contributed by atoms with E-state index in [-0.39, 0.29) is 0 Å². The molecule has 1 aliphatic heterocycles. The second-order valence-electron chi connectivity index (χ2n) is 5.47. The molecule has 0 amide bonds. The van der Waals surface area contributed by atoms with Crippen LogP contribution < -0.4 is 5.32 Å². The number of rotatable bonds is 1. The monoisotopic (exact) mass is 181 g/mol. The van der Waals surface area contributed by atoms with Crippen molar-refractivity contribution in [3.8, 4) is 0 Å². The molecular formula is C12H23N. The van der Waals surface area contributed by atoms with Crippen LogP contribution in [0.4, 0.5) is 0 Å². The molecule has 13 heavy (non-hydrogen) atoms. The van der Waals surface area contributed by atoms with E-state index in [9.17, 15) is 0 Å². The van der Waals surface area contributed by atoms with Crippen molar-refractivity contribution in [1.29, 1.82) is 0 Å². The van der Waals surface area contributed by atoms with Crippen LogP contribution in [0.25, 0.3) is 0 Å². The van der Waals surface area contributed by atoms with Crippen molar-refractivity contribution < 1.29 is 0 Å². The molecule has 0 aromatic rings. The molecule has 0 aromatic heterocycles. The average Bonchev–Trinajstić information content (AvgIpc) is 2.91. The summed E-state index contributed by atoms with van der Waals surface area (Å²) in [6.07, 6.45) is 1.45. The van der Waals surface area contributed by atoms with Gasteiger partial charge in [0.05, 0.1) is 0 Å². The largest absolute Gasteiger partial charge is 0.311 e. The summed E-state index contributed by atoms with van der Waals surface area (Å²) in [5, 5.41) is 3.49. The SMILES string of the molecule is CC1CC(C2CN2)C(C)C(C)C1C. The molecule has 1 heteroatoms. The fourth-order valence-electron chi connectivity index (χ4n) is 3.15. The maximum Gasteiger partial charge on any atom is 0.0224 e. The molecule has 0 bridgehead atoms. The smallest absolute Gasteiger partial charge is 0.0224 e. The zero-order valence-electron chi connectivity index (χ0n) is 9.38. The Bertz CT molecular complexity index is 186. The van der Waals surface area contributed by atoms with Crippen LogP contribution >= 0.6 is 0 Å². The number of hydrogen-bond donors (Lipinski definition) is 1.